The average Bonchev–Trinajstić information content (AvgIpc) is 2.53. The zero-order valence-corrected chi connectivity index (χ0v) is 8.00. The summed E-state index contributed by atoms with van der Waals surface area (Å²) in [5.74, 6) is 0. The molecule has 1 aromatic carbocycles. The van der Waals surface area contributed by atoms with Gasteiger partial charge in [0, 0.05) is 5.33 Å². The SMILES string of the molecule is BrCCc1cccc2n[nH]nc12. The van der Waals surface area contributed by atoms with Crippen molar-refractivity contribution in [2.75, 3.05) is 5.33 Å². The lowest BCUT2D eigenvalue weighted by molar-refractivity contribution is 0.956. The van der Waals surface area contributed by atoms with Crippen molar-refractivity contribution in [3.63, 3.8) is 0 Å². The molecule has 0 atom stereocenters. The largest absolute Gasteiger partial charge is 0.197 e. The third-order valence-corrected chi connectivity index (χ3v) is 2.19. The maximum absolute atomic E-state index is 4.08. The Labute approximate surface area is 78.3 Å². The Balaban J connectivity index is 2.57. The van der Waals surface area contributed by atoms with Crippen LogP contribution in [0.2, 0.25) is 0 Å². The third kappa shape index (κ3) is 1.22. The Hall–Kier alpha value is -0.900. The minimum atomic E-state index is 0.938. The summed E-state index contributed by atoms with van der Waals surface area (Å²) < 4.78 is 0. The van der Waals surface area contributed by atoms with Crippen LogP contribution in [0.1, 0.15) is 5.56 Å². The molecule has 1 aromatic heterocycles. The van der Waals surface area contributed by atoms with Crippen LogP contribution in [0.15, 0.2) is 18.2 Å². The van der Waals surface area contributed by atoms with Gasteiger partial charge in [-0.05, 0) is 18.1 Å². The number of H-pyrrole nitrogens is 1. The van der Waals surface area contributed by atoms with Crippen molar-refractivity contribution >= 4 is 27.0 Å². The summed E-state index contributed by atoms with van der Waals surface area (Å²) in [5.41, 5.74) is 3.16. The highest BCUT2D eigenvalue weighted by atomic mass is 79.9. The first-order chi connectivity index (χ1) is 5.92. The highest BCUT2D eigenvalue weighted by molar-refractivity contribution is 9.09. The van der Waals surface area contributed by atoms with Crippen LogP contribution in [0.25, 0.3) is 11.0 Å². The number of benzene rings is 1. The second kappa shape index (κ2) is 3.23. The van der Waals surface area contributed by atoms with Gasteiger partial charge in [0.15, 0.2) is 0 Å². The number of aromatic nitrogens is 3. The highest BCUT2D eigenvalue weighted by Crippen LogP contribution is 2.14. The Morgan fingerprint density at radius 3 is 3.08 bits per heavy atom. The summed E-state index contributed by atoms with van der Waals surface area (Å²) in [4.78, 5) is 0. The normalized spacial score (nSPS) is 10.8. The molecule has 0 saturated carbocycles. The molecule has 0 aliphatic heterocycles. The van der Waals surface area contributed by atoms with E-state index in [-0.39, 0.29) is 0 Å². The molecule has 3 nitrogen and oxygen atoms in total. The third-order valence-electron chi connectivity index (χ3n) is 1.79. The van der Waals surface area contributed by atoms with Gasteiger partial charge in [0.25, 0.3) is 0 Å². The smallest absolute Gasteiger partial charge is 0.116 e. The Morgan fingerprint density at radius 2 is 2.25 bits per heavy atom. The summed E-state index contributed by atoms with van der Waals surface area (Å²) in [6.45, 7) is 0. The van der Waals surface area contributed by atoms with Crippen LogP contribution >= 0.6 is 15.9 Å². The molecule has 0 spiro atoms. The fourth-order valence-electron chi connectivity index (χ4n) is 1.23. The number of hydrogen-bond donors (Lipinski definition) is 1. The van der Waals surface area contributed by atoms with Crippen LogP contribution in [-0.2, 0) is 6.42 Å². The lowest BCUT2D eigenvalue weighted by Gasteiger charge is -1.96. The number of aryl methyl sites for hydroxylation is 1. The first-order valence-corrected chi connectivity index (χ1v) is 4.88. The lowest BCUT2D eigenvalue weighted by atomic mass is 10.1. The van der Waals surface area contributed by atoms with Crippen molar-refractivity contribution in [3.8, 4) is 0 Å². The first kappa shape index (κ1) is 7.73. The standard InChI is InChI=1S/C8H8BrN3/c9-5-4-6-2-1-3-7-8(6)11-12-10-7/h1-3H,4-5H2,(H,10,11,12). The number of nitrogens with zero attached hydrogens (tertiary/aromatic N) is 2. The molecule has 0 aliphatic rings. The van der Waals surface area contributed by atoms with Crippen LogP contribution in [0.4, 0.5) is 0 Å². The Bertz CT molecular complexity index is 382. The van der Waals surface area contributed by atoms with Crippen LogP contribution in [0.5, 0.6) is 0 Å². The van der Waals surface area contributed by atoms with Gasteiger partial charge in [-0.15, -0.1) is 0 Å². The van der Waals surface area contributed by atoms with E-state index < -0.39 is 0 Å². The van der Waals surface area contributed by atoms with Crippen LogP contribution in [-0.4, -0.2) is 20.7 Å². The Morgan fingerprint density at radius 1 is 1.33 bits per heavy atom. The van der Waals surface area contributed by atoms with Crippen molar-refractivity contribution in [3.05, 3.63) is 23.8 Å². The number of nitrogens with one attached hydrogen (secondary N) is 1. The van der Waals surface area contributed by atoms with E-state index in [1.54, 1.807) is 0 Å². The number of halogens is 1. The molecule has 62 valence electrons. The summed E-state index contributed by atoms with van der Waals surface area (Å²) in [7, 11) is 0. The predicted octanol–water partition coefficient (Wildman–Crippen LogP) is 1.90. The van der Waals surface area contributed by atoms with Crippen molar-refractivity contribution in [1.82, 2.24) is 15.4 Å². The molecular formula is C8H8BrN3. The van der Waals surface area contributed by atoms with Crippen molar-refractivity contribution in [1.29, 1.82) is 0 Å². The number of para-hydroxylation sites is 1. The number of hydrogen-bond acceptors (Lipinski definition) is 2. The van der Waals surface area contributed by atoms with Crippen molar-refractivity contribution in [2.45, 2.75) is 6.42 Å². The van der Waals surface area contributed by atoms with Gasteiger partial charge in [-0.3, -0.25) is 0 Å². The number of fused-ring (bicyclic) bond motifs is 1. The molecule has 2 aromatic rings. The highest BCUT2D eigenvalue weighted by Gasteiger charge is 2.02. The fourth-order valence-corrected chi connectivity index (χ4v) is 1.66. The molecule has 2 rings (SSSR count). The molecule has 1 N–H and O–H groups in total. The van der Waals surface area contributed by atoms with E-state index in [0.717, 1.165) is 22.8 Å². The van der Waals surface area contributed by atoms with E-state index >= 15 is 0 Å². The number of rotatable bonds is 2. The van der Waals surface area contributed by atoms with Gasteiger partial charge in [-0.25, -0.2) is 0 Å². The fraction of sp³-hybridized carbons (Fsp3) is 0.250. The molecule has 0 bridgehead atoms. The second-order valence-electron chi connectivity index (χ2n) is 2.55. The molecule has 0 saturated heterocycles. The molecule has 0 unspecified atom stereocenters. The van der Waals surface area contributed by atoms with Gasteiger partial charge in [0.05, 0.1) is 0 Å². The molecule has 0 radical (unpaired) electrons. The lowest BCUT2D eigenvalue weighted by Crippen LogP contribution is -1.86. The van der Waals surface area contributed by atoms with Gasteiger partial charge in [0.1, 0.15) is 11.0 Å². The minimum Gasteiger partial charge on any atom is -0.197 e. The number of aromatic amines is 1. The summed E-state index contributed by atoms with van der Waals surface area (Å²) in [6, 6.07) is 6.03. The maximum Gasteiger partial charge on any atom is 0.116 e. The molecule has 4 heteroatoms. The molecule has 0 fully saturated rings. The van der Waals surface area contributed by atoms with Gasteiger partial charge in [0.2, 0.25) is 0 Å². The first-order valence-electron chi connectivity index (χ1n) is 3.76. The molecule has 1 heterocycles. The quantitative estimate of drug-likeness (QED) is 0.794. The van der Waals surface area contributed by atoms with Crippen LogP contribution in [0, 0.1) is 0 Å². The number of alkyl halides is 1. The van der Waals surface area contributed by atoms with E-state index in [2.05, 4.69) is 37.4 Å². The van der Waals surface area contributed by atoms with Crippen molar-refractivity contribution < 1.29 is 0 Å². The summed E-state index contributed by atoms with van der Waals surface area (Å²) in [5, 5.41) is 11.7. The van der Waals surface area contributed by atoms with Gasteiger partial charge in [-0.1, -0.05) is 28.1 Å². The van der Waals surface area contributed by atoms with Crippen LogP contribution in [0.3, 0.4) is 0 Å². The minimum absolute atomic E-state index is 0.938. The Kier molecular flexibility index (Phi) is 2.08. The van der Waals surface area contributed by atoms with E-state index in [0.29, 0.717) is 0 Å². The van der Waals surface area contributed by atoms with E-state index in [4.69, 9.17) is 0 Å². The summed E-state index contributed by atoms with van der Waals surface area (Å²) in [6.07, 6.45) is 0.990. The van der Waals surface area contributed by atoms with Gasteiger partial charge in [-0.2, -0.15) is 15.4 Å². The topological polar surface area (TPSA) is 41.6 Å². The van der Waals surface area contributed by atoms with Gasteiger partial charge < -0.3 is 0 Å². The molecule has 12 heavy (non-hydrogen) atoms. The van der Waals surface area contributed by atoms with E-state index in [1.165, 1.54) is 5.56 Å². The zero-order valence-electron chi connectivity index (χ0n) is 6.42. The zero-order chi connectivity index (χ0) is 8.39. The second-order valence-corrected chi connectivity index (χ2v) is 3.34. The molecule has 0 amide bonds. The van der Waals surface area contributed by atoms with Crippen LogP contribution < -0.4 is 0 Å². The van der Waals surface area contributed by atoms with E-state index in [1.807, 2.05) is 12.1 Å². The summed E-state index contributed by atoms with van der Waals surface area (Å²) >= 11 is 3.40. The molecular weight excluding hydrogens is 218 g/mol. The molecule has 0 aliphatic carbocycles. The van der Waals surface area contributed by atoms with Crippen molar-refractivity contribution in [2.24, 2.45) is 0 Å². The monoisotopic (exact) mass is 225 g/mol. The predicted molar refractivity (Wildman–Crippen MR) is 51.4 cm³/mol. The van der Waals surface area contributed by atoms with Gasteiger partial charge >= 0.3 is 0 Å². The maximum atomic E-state index is 4.08. The average molecular weight is 226 g/mol. The van der Waals surface area contributed by atoms with E-state index in [9.17, 15) is 0 Å².